The topological polar surface area (TPSA) is 52.6 Å². The number of rotatable bonds is 50. The summed E-state index contributed by atoms with van der Waals surface area (Å²) in [5.74, 6) is 0.295. The Kier molecular flexibility index (Phi) is 60.1. The standard InChI is InChI=1S/2C12H24O2.4C8H17.2Sn/c2*1-2-3-4-5-6-7-8-9-10-11-12(13)14;4*1-3-5-7-8-6-4-2;;/h2*2-11H2,1H3,(H,13,14);4*1,3-8H2,2H3;;/q;;;;;;2*+1/p-2. The average Bonchev–Trinajstić information content (AvgIpc) is 3.27. The van der Waals surface area contributed by atoms with E-state index in [0.29, 0.717) is 12.8 Å². The van der Waals surface area contributed by atoms with Crippen LogP contribution < -0.4 is 0 Å². The van der Waals surface area contributed by atoms with Gasteiger partial charge in [-0.05, 0) is 0 Å². The van der Waals surface area contributed by atoms with Crippen molar-refractivity contribution in [2.75, 3.05) is 0 Å². The third-order valence-corrected chi connectivity index (χ3v) is 26.1. The summed E-state index contributed by atoms with van der Waals surface area (Å²) in [4.78, 5) is 24.9. The summed E-state index contributed by atoms with van der Waals surface area (Å²) in [5, 5.41) is 0. The van der Waals surface area contributed by atoms with Crippen molar-refractivity contribution >= 4 is 52.3 Å². The normalized spacial score (nSPS) is 11.4. The van der Waals surface area contributed by atoms with E-state index in [1.54, 1.807) is 0 Å². The van der Waals surface area contributed by atoms with Crippen LogP contribution in [0.1, 0.15) is 324 Å². The summed E-state index contributed by atoms with van der Waals surface area (Å²) in [6.07, 6.45) is 57.2. The summed E-state index contributed by atoms with van der Waals surface area (Å²) in [6.45, 7) is 13.7. The van der Waals surface area contributed by atoms with E-state index >= 15 is 0 Å². The molecule has 0 aliphatic carbocycles. The number of carbonyl (C=O) groups excluding carboxylic acids is 2. The van der Waals surface area contributed by atoms with Gasteiger partial charge in [0.15, 0.2) is 0 Å². The van der Waals surface area contributed by atoms with Gasteiger partial charge >= 0.3 is 396 Å². The zero-order valence-corrected chi connectivity index (χ0v) is 49.3. The molecule has 0 saturated carbocycles. The van der Waals surface area contributed by atoms with Crippen LogP contribution in [-0.2, 0) is 15.7 Å². The van der Waals surface area contributed by atoms with Gasteiger partial charge in [-0.1, -0.05) is 13.8 Å². The SMILES string of the molecule is CCCCCCCCCCCC(=O)[O][Sn]([CH2]CCCCCCC)[CH2]CCCCCCC.CCCCCCCCCCCC(=O)[O][Sn]([CH2]CCCCCCC)[CH2]CCCCCCC. The van der Waals surface area contributed by atoms with Gasteiger partial charge in [-0.2, -0.15) is 0 Å². The van der Waals surface area contributed by atoms with Crippen molar-refractivity contribution in [1.29, 1.82) is 0 Å². The second-order valence-corrected chi connectivity index (χ2v) is 32.3. The Balaban J connectivity index is 0. The molecule has 0 bridgehead atoms. The van der Waals surface area contributed by atoms with Crippen LogP contribution in [0.5, 0.6) is 0 Å². The van der Waals surface area contributed by atoms with Crippen molar-refractivity contribution in [2.24, 2.45) is 0 Å². The van der Waals surface area contributed by atoms with Crippen molar-refractivity contribution in [3.63, 3.8) is 0 Å². The van der Waals surface area contributed by atoms with Gasteiger partial charge in [-0.25, -0.2) is 0 Å². The van der Waals surface area contributed by atoms with Crippen molar-refractivity contribution < 1.29 is 15.7 Å². The van der Waals surface area contributed by atoms with E-state index in [1.165, 1.54) is 275 Å². The zero-order chi connectivity index (χ0) is 45.7. The molecule has 62 heavy (non-hydrogen) atoms. The van der Waals surface area contributed by atoms with Gasteiger partial charge in [0.25, 0.3) is 0 Å². The molecular weight excluding hydrogens is 974 g/mol. The van der Waals surface area contributed by atoms with Crippen molar-refractivity contribution in [1.82, 2.24) is 0 Å². The Bertz CT molecular complexity index is 754. The number of hydrogen-bond donors (Lipinski definition) is 0. The van der Waals surface area contributed by atoms with Crippen LogP contribution in [0.3, 0.4) is 0 Å². The van der Waals surface area contributed by atoms with E-state index in [9.17, 15) is 9.59 Å². The predicted octanol–water partition coefficient (Wildman–Crippen LogP) is 20.3. The quantitative estimate of drug-likeness (QED) is 0.0450. The van der Waals surface area contributed by atoms with Gasteiger partial charge in [-0.3, -0.25) is 0 Å². The fraction of sp³-hybridized carbons (Fsp3) is 0.964. The predicted molar refractivity (Wildman–Crippen MR) is 280 cm³/mol. The molecule has 370 valence electrons. The molecule has 0 aromatic rings. The molecule has 6 heteroatoms. The molecule has 4 nitrogen and oxygen atoms in total. The molecule has 0 aromatic carbocycles. The molecule has 0 aliphatic heterocycles. The fourth-order valence-corrected chi connectivity index (χ4v) is 20.8. The number of unbranched alkanes of at least 4 members (excludes halogenated alkanes) is 36. The number of hydrogen-bond acceptors (Lipinski definition) is 4. The van der Waals surface area contributed by atoms with Crippen LogP contribution in [0, 0.1) is 0 Å². The molecule has 2 radical (unpaired) electrons. The van der Waals surface area contributed by atoms with Gasteiger partial charge in [0.1, 0.15) is 0 Å². The van der Waals surface area contributed by atoms with E-state index in [-0.39, 0.29) is 11.9 Å². The Hall–Kier alpha value is 0.537. The summed E-state index contributed by atoms with van der Waals surface area (Å²) < 4.78 is 17.4. The minimum atomic E-state index is -1.97. The molecule has 0 amide bonds. The second-order valence-electron chi connectivity index (χ2n) is 19.3. The van der Waals surface area contributed by atoms with E-state index in [1.807, 2.05) is 0 Å². The first kappa shape index (κ1) is 64.6. The average molecular weight is 1090 g/mol. The fourth-order valence-electron chi connectivity index (χ4n) is 8.45. The zero-order valence-electron chi connectivity index (χ0n) is 43.6. The number of carbonyl (C=O) groups is 2. The molecule has 0 rings (SSSR count). The maximum absolute atomic E-state index is 12.4. The van der Waals surface area contributed by atoms with Gasteiger partial charge in [0, 0.05) is 0 Å². The van der Waals surface area contributed by atoms with Crippen LogP contribution in [-0.4, -0.2) is 52.3 Å². The summed E-state index contributed by atoms with van der Waals surface area (Å²) in [5.41, 5.74) is 0. The van der Waals surface area contributed by atoms with Gasteiger partial charge in [-0.15, -0.1) is 0 Å². The minimum absolute atomic E-state index is 0.148. The Labute approximate surface area is 406 Å². The van der Waals surface area contributed by atoms with Crippen molar-refractivity contribution in [3.05, 3.63) is 0 Å². The van der Waals surface area contributed by atoms with Crippen LogP contribution in [0.15, 0.2) is 0 Å². The Morgan fingerprint density at radius 3 is 0.597 bits per heavy atom. The third-order valence-electron chi connectivity index (χ3n) is 12.7. The van der Waals surface area contributed by atoms with Gasteiger partial charge < -0.3 is 0 Å². The molecule has 0 heterocycles. The first-order chi connectivity index (χ1) is 30.5. The molecule has 0 fully saturated rings. The summed E-state index contributed by atoms with van der Waals surface area (Å²) >= 11 is -3.94. The van der Waals surface area contributed by atoms with E-state index in [2.05, 4.69) is 41.5 Å². The van der Waals surface area contributed by atoms with Crippen LogP contribution in [0.2, 0.25) is 17.7 Å². The molecule has 0 unspecified atom stereocenters. The summed E-state index contributed by atoms with van der Waals surface area (Å²) in [7, 11) is 0. The van der Waals surface area contributed by atoms with Crippen molar-refractivity contribution in [3.8, 4) is 0 Å². The van der Waals surface area contributed by atoms with Gasteiger partial charge in [0.05, 0.1) is 0 Å². The molecular formula is C56H114O4Sn2. The molecule has 0 aliphatic rings. The van der Waals surface area contributed by atoms with Crippen LogP contribution in [0.4, 0.5) is 0 Å². The second kappa shape index (κ2) is 57.7. The van der Waals surface area contributed by atoms with E-state index < -0.39 is 40.3 Å². The first-order valence-corrected chi connectivity index (χ1v) is 39.0. The van der Waals surface area contributed by atoms with Crippen LogP contribution >= 0.6 is 0 Å². The molecule has 0 atom stereocenters. The molecule has 0 aromatic heterocycles. The van der Waals surface area contributed by atoms with E-state index in [4.69, 9.17) is 6.15 Å². The Morgan fingerprint density at radius 1 is 0.242 bits per heavy atom. The van der Waals surface area contributed by atoms with Gasteiger partial charge in [0.2, 0.25) is 0 Å². The Morgan fingerprint density at radius 2 is 0.403 bits per heavy atom. The molecule has 0 N–H and O–H groups in total. The molecule has 0 spiro atoms. The monoisotopic (exact) mass is 1090 g/mol. The molecule has 0 saturated heterocycles. The third kappa shape index (κ3) is 54.9. The van der Waals surface area contributed by atoms with Crippen molar-refractivity contribution in [2.45, 2.75) is 342 Å². The summed E-state index contributed by atoms with van der Waals surface area (Å²) in [6, 6.07) is 0. The first-order valence-electron chi connectivity index (χ1n) is 28.6. The van der Waals surface area contributed by atoms with E-state index in [0.717, 1.165) is 12.8 Å². The van der Waals surface area contributed by atoms with Crippen LogP contribution in [0.25, 0.3) is 0 Å². The maximum atomic E-state index is 12.4.